The van der Waals surface area contributed by atoms with E-state index in [-0.39, 0.29) is 0 Å². The molecule has 8 aromatic carbocycles. The summed E-state index contributed by atoms with van der Waals surface area (Å²) in [6.07, 6.45) is 0. The quantitative estimate of drug-likeness (QED) is 0.175. The summed E-state index contributed by atoms with van der Waals surface area (Å²) < 4.78 is 19.2. The molecule has 0 spiro atoms. The average molecular weight is 643 g/mol. The van der Waals surface area contributed by atoms with Gasteiger partial charge in [0.15, 0.2) is 5.58 Å². The summed E-state index contributed by atoms with van der Waals surface area (Å²) in [5.41, 5.74) is 11.3. The van der Waals surface area contributed by atoms with Crippen molar-refractivity contribution < 1.29 is 13.3 Å². The Morgan fingerprint density at radius 1 is 0.380 bits per heavy atom. The van der Waals surface area contributed by atoms with Crippen molar-refractivity contribution in [2.45, 2.75) is 0 Å². The first-order valence-corrected chi connectivity index (χ1v) is 16.7. The zero-order valence-corrected chi connectivity index (χ0v) is 26.6. The Hall–Kier alpha value is -6.85. The third-order valence-corrected chi connectivity index (χ3v) is 9.84. The fourth-order valence-corrected chi connectivity index (χ4v) is 7.56. The van der Waals surface area contributed by atoms with Gasteiger partial charge in [0.05, 0.1) is 0 Å². The van der Waals surface area contributed by atoms with Gasteiger partial charge < -0.3 is 18.2 Å². The largest absolute Gasteiger partial charge is 0.456 e. The SMILES string of the molecule is c1ccc(-c2nc3c4cccc5oc6cc(-c7ccc(N(c8ccccc8)c8ccc9oc%10ccccc%10c9c8)cc7)cc(c3o2)c6c54)cc1. The molecule has 0 fully saturated rings. The molecule has 0 aliphatic rings. The molecule has 50 heavy (non-hydrogen) atoms. The predicted molar refractivity (Wildman–Crippen MR) is 203 cm³/mol. The van der Waals surface area contributed by atoms with E-state index in [2.05, 4.69) is 102 Å². The third-order valence-electron chi connectivity index (χ3n) is 9.84. The first kappa shape index (κ1) is 27.1. The van der Waals surface area contributed by atoms with Crippen LogP contribution in [0.1, 0.15) is 0 Å². The van der Waals surface area contributed by atoms with Gasteiger partial charge >= 0.3 is 0 Å². The number of hydrogen-bond acceptors (Lipinski definition) is 5. The molecule has 0 atom stereocenters. The Labute approximate surface area is 285 Å². The highest BCUT2D eigenvalue weighted by Gasteiger charge is 2.23. The molecule has 0 N–H and O–H groups in total. The molecule has 0 aliphatic heterocycles. The minimum atomic E-state index is 0.611. The van der Waals surface area contributed by atoms with E-state index in [0.29, 0.717) is 5.89 Å². The standard InChI is InChI=1S/C45H26N2O3/c1-3-10-28(11-4-1)45-46-43-34-15-9-17-39-41(34)42-36(44(43)50-45)24-29(25-40(42)49-39)27-18-20-31(21-19-27)47(30-12-5-2-6-13-30)32-22-23-38-35(26-32)33-14-7-8-16-37(33)48-38/h1-26H. The van der Waals surface area contributed by atoms with Gasteiger partial charge in [-0.3, -0.25) is 0 Å². The number of rotatable bonds is 5. The monoisotopic (exact) mass is 642 g/mol. The molecule has 0 unspecified atom stereocenters. The van der Waals surface area contributed by atoms with E-state index < -0.39 is 0 Å². The normalized spacial score (nSPS) is 12.0. The number of furan rings is 2. The Kier molecular flexibility index (Phi) is 5.60. The number of oxazole rings is 1. The number of nitrogens with zero attached hydrogens (tertiary/aromatic N) is 2. The van der Waals surface area contributed by atoms with Gasteiger partial charge in [0.2, 0.25) is 5.89 Å². The molecule has 3 heterocycles. The smallest absolute Gasteiger partial charge is 0.227 e. The van der Waals surface area contributed by atoms with Gasteiger partial charge in [0, 0.05) is 54.9 Å². The molecular weight excluding hydrogens is 617 g/mol. The van der Waals surface area contributed by atoms with E-state index in [1.165, 1.54) is 0 Å². The highest BCUT2D eigenvalue weighted by atomic mass is 16.4. The van der Waals surface area contributed by atoms with Gasteiger partial charge in [0.1, 0.15) is 27.8 Å². The first-order chi connectivity index (χ1) is 24.8. The summed E-state index contributed by atoms with van der Waals surface area (Å²) in [6, 6.07) is 54.4. The minimum absolute atomic E-state index is 0.611. The van der Waals surface area contributed by atoms with Crippen LogP contribution in [0.3, 0.4) is 0 Å². The van der Waals surface area contributed by atoms with Crippen LogP contribution in [-0.4, -0.2) is 4.98 Å². The fourth-order valence-electron chi connectivity index (χ4n) is 7.56. The van der Waals surface area contributed by atoms with Crippen molar-refractivity contribution in [2.24, 2.45) is 0 Å². The number of hydrogen-bond donors (Lipinski definition) is 0. The van der Waals surface area contributed by atoms with Crippen LogP contribution in [0, 0.1) is 0 Å². The van der Waals surface area contributed by atoms with E-state index in [0.717, 1.165) is 99.5 Å². The van der Waals surface area contributed by atoms with Crippen molar-refractivity contribution in [3.05, 3.63) is 158 Å². The average Bonchev–Trinajstić information content (AvgIpc) is 3.90. The van der Waals surface area contributed by atoms with E-state index in [1.807, 2.05) is 60.7 Å². The van der Waals surface area contributed by atoms with Crippen molar-refractivity contribution in [3.63, 3.8) is 0 Å². The van der Waals surface area contributed by atoms with E-state index >= 15 is 0 Å². The minimum Gasteiger partial charge on any atom is -0.456 e. The van der Waals surface area contributed by atoms with Gasteiger partial charge in [-0.2, -0.15) is 0 Å². The molecule has 5 nitrogen and oxygen atoms in total. The maximum Gasteiger partial charge on any atom is 0.227 e. The molecular formula is C45H26N2O3. The molecule has 0 bridgehead atoms. The lowest BCUT2D eigenvalue weighted by Crippen LogP contribution is -2.09. The van der Waals surface area contributed by atoms with Gasteiger partial charge in [-0.25, -0.2) is 4.98 Å². The second-order valence-corrected chi connectivity index (χ2v) is 12.7. The van der Waals surface area contributed by atoms with Gasteiger partial charge in [-0.15, -0.1) is 0 Å². The molecule has 234 valence electrons. The fraction of sp³-hybridized carbons (Fsp3) is 0. The molecule has 0 amide bonds. The van der Waals surface area contributed by atoms with Crippen molar-refractivity contribution >= 4 is 82.8 Å². The number of fused-ring (bicyclic) bond motifs is 6. The molecule has 11 aromatic rings. The van der Waals surface area contributed by atoms with Crippen molar-refractivity contribution in [1.29, 1.82) is 0 Å². The first-order valence-electron chi connectivity index (χ1n) is 16.7. The number of aromatic nitrogens is 1. The predicted octanol–water partition coefficient (Wildman–Crippen LogP) is 13.0. The van der Waals surface area contributed by atoms with Crippen LogP contribution in [0.25, 0.3) is 88.3 Å². The number of para-hydroxylation sites is 2. The summed E-state index contributed by atoms with van der Waals surface area (Å²) >= 11 is 0. The van der Waals surface area contributed by atoms with E-state index in [9.17, 15) is 0 Å². The molecule has 0 saturated carbocycles. The van der Waals surface area contributed by atoms with Crippen molar-refractivity contribution in [3.8, 4) is 22.6 Å². The zero-order chi connectivity index (χ0) is 32.8. The van der Waals surface area contributed by atoms with Crippen molar-refractivity contribution in [1.82, 2.24) is 4.98 Å². The van der Waals surface area contributed by atoms with Crippen LogP contribution in [0.15, 0.2) is 171 Å². The number of anilines is 3. The summed E-state index contributed by atoms with van der Waals surface area (Å²) in [5, 5.41) is 6.38. The van der Waals surface area contributed by atoms with Crippen molar-refractivity contribution in [2.75, 3.05) is 4.90 Å². The Morgan fingerprint density at radius 2 is 1.04 bits per heavy atom. The Balaban J connectivity index is 1.07. The lowest BCUT2D eigenvalue weighted by molar-refractivity contribution is 0.623. The highest BCUT2D eigenvalue weighted by Crippen LogP contribution is 2.46. The van der Waals surface area contributed by atoms with E-state index in [1.54, 1.807) is 0 Å². The Bertz CT molecular complexity index is 3030. The lowest BCUT2D eigenvalue weighted by Gasteiger charge is -2.25. The Morgan fingerprint density at radius 3 is 1.90 bits per heavy atom. The molecule has 3 aromatic heterocycles. The maximum absolute atomic E-state index is 6.56. The summed E-state index contributed by atoms with van der Waals surface area (Å²) in [5.74, 6) is 0.611. The third kappa shape index (κ3) is 3.98. The summed E-state index contributed by atoms with van der Waals surface area (Å²) in [6.45, 7) is 0. The van der Waals surface area contributed by atoms with Crippen LogP contribution in [0.4, 0.5) is 17.1 Å². The second kappa shape index (κ2) is 10.3. The molecule has 11 rings (SSSR count). The summed E-state index contributed by atoms with van der Waals surface area (Å²) in [4.78, 5) is 7.30. The molecule has 5 heteroatoms. The van der Waals surface area contributed by atoms with Crippen LogP contribution >= 0.6 is 0 Å². The molecule has 0 aliphatic carbocycles. The molecule has 0 saturated heterocycles. The van der Waals surface area contributed by atoms with Crippen LogP contribution in [0.5, 0.6) is 0 Å². The maximum atomic E-state index is 6.56. The van der Waals surface area contributed by atoms with Crippen LogP contribution in [-0.2, 0) is 0 Å². The number of benzene rings is 8. The van der Waals surface area contributed by atoms with Gasteiger partial charge in [0.25, 0.3) is 0 Å². The van der Waals surface area contributed by atoms with Gasteiger partial charge in [-0.05, 0) is 90.0 Å². The summed E-state index contributed by atoms with van der Waals surface area (Å²) in [7, 11) is 0. The van der Waals surface area contributed by atoms with E-state index in [4.69, 9.17) is 18.2 Å². The zero-order valence-electron chi connectivity index (χ0n) is 26.6. The van der Waals surface area contributed by atoms with Crippen LogP contribution in [0.2, 0.25) is 0 Å². The highest BCUT2D eigenvalue weighted by molar-refractivity contribution is 6.31. The topological polar surface area (TPSA) is 55.6 Å². The second-order valence-electron chi connectivity index (χ2n) is 12.7. The van der Waals surface area contributed by atoms with Crippen LogP contribution < -0.4 is 4.90 Å². The molecule has 0 radical (unpaired) electrons. The lowest BCUT2D eigenvalue weighted by atomic mass is 9.96. The van der Waals surface area contributed by atoms with Gasteiger partial charge in [-0.1, -0.05) is 78.9 Å².